The lowest BCUT2D eigenvalue weighted by atomic mass is 10.1. The van der Waals surface area contributed by atoms with Gasteiger partial charge < -0.3 is 11.1 Å². The van der Waals surface area contributed by atoms with Gasteiger partial charge in [0.2, 0.25) is 0 Å². The lowest BCUT2D eigenvalue weighted by Gasteiger charge is -2.10. The third kappa shape index (κ3) is 3.40. The van der Waals surface area contributed by atoms with Crippen LogP contribution in [0.5, 0.6) is 0 Å². The van der Waals surface area contributed by atoms with Gasteiger partial charge in [-0.1, -0.05) is 28.1 Å². The molecule has 2 rings (SSSR count). The summed E-state index contributed by atoms with van der Waals surface area (Å²) in [5, 5.41) is 2.79. The number of benzene rings is 1. The number of thiocarbonyl (C=S) groups is 1. The van der Waals surface area contributed by atoms with Crippen LogP contribution in [-0.2, 0) is 0 Å². The molecule has 0 bridgehead atoms. The van der Waals surface area contributed by atoms with E-state index in [-0.39, 0.29) is 10.9 Å². The first kappa shape index (κ1) is 14.6. The zero-order valence-electron chi connectivity index (χ0n) is 10.7. The van der Waals surface area contributed by atoms with Gasteiger partial charge >= 0.3 is 0 Å². The van der Waals surface area contributed by atoms with Crippen LogP contribution in [0.4, 0.5) is 5.69 Å². The number of carbonyl (C=O) groups excluding carboxylic acids is 1. The van der Waals surface area contributed by atoms with Crippen molar-refractivity contribution in [1.29, 1.82) is 0 Å². The number of hydrogen-bond donors (Lipinski definition) is 2. The summed E-state index contributed by atoms with van der Waals surface area (Å²) in [5.41, 5.74) is 8.17. The Labute approximate surface area is 130 Å². The van der Waals surface area contributed by atoms with Crippen LogP contribution in [0.2, 0.25) is 0 Å². The van der Waals surface area contributed by atoms with Crippen LogP contribution in [0.1, 0.15) is 21.6 Å². The number of pyridine rings is 1. The maximum Gasteiger partial charge on any atom is 0.257 e. The van der Waals surface area contributed by atoms with Crippen molar-refractivity contribution in [2.24, 2.45) is 5.73 Å². The van der Waals surface area contributed by atoms with Crippen molar-refractivity contribution in [3.8, 4) is 0 Å². The smallest absolute Gasteiger partial charge is 0.257 e. The molecule has 0 atom stereocenters. The molecular weight excluding hydrogens is 338 g/mol. The lowest BCUT2D eigenvalue weighted by molar-refractivity contribution is 0.102. The van der Waals surface area contributed by atoms with E-state index in [2.05, 4.69) is 26.2 Å². The molecule has 2 aromatic rings. The van der Waals surface area contributed by atoms with Gasteiger partial charge in [-0.3, -0.25) is 9.78 Å². The van der Waals surface area contributed by atoms with Crippen molar-refractivity contribution in [2.75, 3.05) is 5.32 Å². The number of aromatic nitrogens is 1. The molecule has 0 saturated heterocycles. The average Bonchev–Trinajstić information content (AvgIpc) is 2.39. The van der Waals surface area contributed by atoms with Crippen LogP contribution in [0.3, 0.4) is 0 Å². The molecule has 1 aromatic heterocycles. The number of rotatable bonds is 3. The minimum absolute atomic E-state index is 0.231. The quantitative estimate of drug-likeness (QED) is 0.835. The molecule has 0 aliphatic rings. The van der Waals surface area contributed by atoms with Gasteiger partial charge in [-0.2, -0.15) is 0 Å². The topological polar surface area (TPSA) is 68.0 Å². The number of halogens is 1. The van der Waals surface area contributed by atoms with Gasteiger partial charge in [0.05, 0.1) is 11.3 Å². The van der Waals surface area contributed by atoms with Gasteiger partial charge in [-0.05, 0) is 37.3 Å². The molecule has 1 aromatic carbocycles. The lowest BCUT2D eigenvalue weighted by Crippen LogP contribution is -2.17. The second-order valence-electron chi connectivity index (χ2n) is 4.20. The fraction of sp³-hybridized carbons (Fsp3) is 0.0714. The molecule has 3 N–H and O–H groups in total. The molecule has 1 amide bonds. The Kier molecular flexibility index (Phi) is 4.46. The molecule has 1 heterocycles. The number of hydrogen-bond acceptors (Lipinski definition) is 3. The molecule has 6 heteroatoms. The van der Waals surface area contributed by atoms with Gasteiger partial charge in [-0.25, -0.2) is 0 Å². The molecule has 20 heavy (non-hydrogen) atoms. The molecule has 0 fully saturated rings. The summed E-state index contributed by atoms with van der Waals surface area (Å²) in [6.45, 7) is 1.86. The molecule has 0 aliphatic heterocycles. The molecule has 0 spiro atoms. The number of amides is 1. The van der Waals surface area contributed by atoms with E-state index in [0.29, 0.717) is 16.8 Å². The highest BCUT2D eigenvalue weighted by Crippen LogP contribution is 2.22. The molecule has 0 saturated carbocycles. The molecule has 4 nitrogen and oxygen atoms in total. The summed E-state index contributed by atoms with van der Waals surface area (Å²) in [5.74, 6) is -0.256. The third-order valence-electron chi connectivity index (χ3n) is 2.67. The predicted octanol–water partition coefficient (Wildman–Crippen LogP) is 3.04. The van der Waals surface area contributed by atoms with E-state index in [4.69, 9.17) is 18.0 Å². The number of aryl methyl sites for hydroxylation is 1. The second kappa shape index (κ2) is 6.11. The fourth-order valence-electron chi connectivity index (χ4n) is 1.63. The van der Waals surface area contributed by atoms with E-state index in [9.17, 15) is 4.79 Å². The Morgan fingerprint density at radius 3 is 2.70 bits per heavy atom. The van der Waals surface area contributed by atoms with Crippen LogP contribution in [0.25, 0.3) is 0 Å². The zero-order valence-corrected chi connectivity index (χ0v) is 13.1. The van der Waals surface area contributed by atoms with E-state index in [1.807, 2.05) is 13.0 Å². The van der Waals surface area contributed by atoms with Crippen molar-refractivity contribution in [3.63, 3.8) is 0 Å². The summed E-state index contributed by atoms with van der Waals surface area (Å²) in [7, 11) is 0. The Morgan fingerprint density at radius 1 is 1.35 bits per heavy atom. The van der Waals surface area contributed by atoms with Crippen LogP contribution >= 0.6 is 28.1 Å². The van der Waals surface area contributed by atoms with Crippen molar-refractivity contribution >= 4 is 44.7 Å². The number of carbonyl (C=O) groups is 1. The summed E-state index contributed by atoms with van der Waals surface area (Å²) >= 11 is 8.33. The normalized spacial score (nSPS) is 10.1. The molecule has 0 aliphatic carbocycles. The standard InChI is InChI=1S/C14H12BrN3OS/c1-8-2-3-9(7-17-8)14(19)18-12-6-10(15)4-5-11(12)13(16)20/h2-7H,1H3,(H2,16,20)(H,18,19). The minimum Gasteiger partial charge on any atom is -0.389 e. The van der Waals surface area contributed by atoms with Crippen molar-refractivity contribution in [3.05, 3.63) is 57.8 Å². The Morgan fingerprint density at radius 2 is 2.10 bits per heavy atom. The third-order valence-corrected chi connectivity index (χ3v) is 3.38. The minimum atomic E-state index is -0.256. The number of nitrogens with one attached hydrogen (secondary N) is 1. The van der Waals surface area contributed by atoms with Gasteiger partial charge in [0.1, 0.15) is 4.99 Å². The Hall–Kier alpha value is -1.79. The highest BCUT2D eigenvalue weighted by molar-refractivity contribution is 9.10. The van der Waals surface area contributed by atoms with E-state index < -0.39 is 0 Å². The van der Waals surface area contributed by atoms with E-state index in [1.165, 1.54) is 6.20 Å². The molecule has 0 unspecified atom stereocenters. The summed E-state index contributed by atoms with van der Waals surface area (Å²) in [4.78, 5) is 16.5. The Balaban J connectivity index is 2.29. The predicted molar refractivity (Wildman–Crippen MR) is 87.0 cm³/mol. The van der Waals surface area contributed by atoms with Gasteiger partial charge in [-0.15, -0.1) is 0 Å². The summed E-state index contributed by atoms with van der Waals surface area (Å²) < 4.78 is 0.829. The highest BCUT2D eigenvalue weighted by Gasteiger charge is 2.11. The highest BCUT2D eigenvalue weighted by atomic mass is 79.9. The van der Waals surface area contributed by atoms with Crippen LogP contribution in [0, 0.1) is 6.92 Å². The van der Waals surface area contributed by atoms with Crippen LogP contribution < -0.4 is 11.1 Å². The van der Waals surface area contributed by atoms with Crippen molar-refractivity contribution < 1.29 is 4.79 Å². The van der Waals surface area contributed by atoms with Crippen LogP contribution in [0.15, 0.2) is 41.0 Å². The summed E-state index contributed by atoms with van der Waals surface area (Å²) in [6, 6.07) is 8.83. The first-order chi connectivity index (χ1) is 9.47. The van der Waals surface area contributed by atoms with Crippen molar-refractivity contribution in [1.82, 2.24) is 4.98 Å². The van der Waals surface area contributed by atoms with E-state index >= 15 is 0 Å². The second-order valence-corrected chi connectivity index (χ2v) is 5.55. The fourth-order valence-corrected chi connectivity index (χ4v) is 2.17. The monoisotopic (exact) mass is 349 g/mol. The van der Waals surface area contributed by atoms with Gasteiger partial charge in [0, 0.05) is 21.9 Å². The number of nitrogens with two attached hydrogens (primary N) is 1. The number of nitrogens with zero attached hydrogens (tertiary/aromatic N) is 1. The average molecular weight is 350 g/mol. The molecule has 0 radical (unpaired) electrons. The van der Waals surface area contributed by atoms with Gasteiger partial charge in [0.15, 0.2) is 0 Å². The van der Waals surface area contributed by atoms with E-state index in [0.717, 1.165) is 10.2 Å². The maximum absolute atomic E-state index is 12.2. The first-order valence-electron chi connectivity index (χ1n) is 5.81. The first-order valence-corrected chi connectivity index (χ1v) is 7.01. The van der Waals surface area contributed by atoms with Crippen molar-refractivity contribution in [2.45, 2.75) is 6.92 Å². The maximum atomic E-state index is 12.2. The number of anilines is 1. The summed E-state index contributed by atoms with van der Waals surface area (Å²) in [6.07, 6.45) is 1.53. The Bertz CT molecular complexity index is 671. The van der Waals surface area contributed by atoms with Gasteiger partial charge in [0.25, 0.3) is 5.91 Å². The largest absolute Gasteiger partial charge is 0.389 e. The van der Waals surface area contributed by atoms with Crippen LogP contribution in [-0.4, -0.2) is 15.9 Å². The molecular formula is C14H12BrN3OS. The van der Waals surface area contributed by atoms with E-state index in [1.54, 1.807) is 24.3 Å². The molecule has 102 valence electrons. The zero-order chi connectivity index (χ0) is 14.7. The SMILES string of the molecule is Cc1ccc(C(=O)Nc2cc(Br)ccc2C(N)=S)cn1.